The molecule has 118 valence electrons. The van der Waals surface area contributed by atoms with Crippen LogP contribution in [0.15, 0.2) is 72.8 Å². The normalized spacial score (nSPS) is 11.0. The lowest BCUT2D eigenvalue weighted by Gasteiger charge is -2.17. The van der Waals surface area contributed by atoms with Crippen LogP contribution in [-0.2, 0) is 6.54 Å². The molecule has 1 N–H and O–H groups in total. The second kappa shape index (κ2) is 7.80. The summed E-state index contributed by atoms with van der Waals surface area (Å²) < 4.78 is 0. The zero-order valence-corrected chi connectivity index (χ0v) is 13.7. The van der Waals surface area contributed by atoms with Crippen molar-refractivity contribution in [3.63, 3.8) is 0 Å². The average Bonchev–Trinajstić information content (AvgIpc) is 2.59. The molecule has 2 heteroatoms. The van der Waals surface area contributed by atoms with Gasteiger partial charge in [0.25, 0.3) is 0 Å². The van der Waals surface area contributed by atoms with Crippen LogP contribution >= 0.6 is 0 Å². The molecule has 0 fully saturated rings. The molecule has 0 atom stereocenters. The van der Waals surface area contributed by atoms with Gasteiger partial charge in [-0.05, 0) is 48.5 Å². The largest absolute Gasteiger partial charge is 0.385 e. The maximum absolute atomic E-state index is 3.53. The Kier molecular flexibility index (Phi) is 5.28. The van der Waals surface area contributed by atoms with Gasteiger partial charge in [-0.2, -0.15) is 0 Å². The van der Waals surface area contributed by atoms with Crippen LogP contribution in [0, 0.1) is 0 Å². The Morgan fingerprint density at radius 2 is 1.57 bits per heavy atom. The second-order valence-electron chi connectivity index (χ2n) is 6.07. The summed E-state index contributed by atoms with van der Waals surface area (Å²) in [6.45, 7) is 3.10. The van der Waals surface area contributed by atoms with E-state index < -0.39 is 0 Å². The van der Waals surface area contributed by atoms with Gasteiger partial charge in [-0.1, -0.05) is 60.7 Å². The van der Waals surface area contributed by atoms with E-state index in [1.165, 1.54) is 22.0 Å². The molecule has 0 unspecified atom stereocenters. The molecule has 0 aromatic heterocycles. The van der Waals surface area contributed by atoms with Crippen LogP contribution in [0.3, 0.4) is 0 Å². The van der Waals surface area contributed by atoms with Gasteiger partial charge in [0, 0.05) is 18.8 Å². The topological polar surface area (TPSA) is 15.3 Å². The maximum Gasteiger partial charge on any atom is 0.0346 e. The summed E-state index contributed by atoms with van der Waals surface area (Å²) in [5.41, 5.74) is 2.58. The summed E-state index contributed by atoms with van der Waals surface area (Å²) in [6.07, 6.45) is 1.14. The molecule has 0 aliphatic carbocycles. The van der Waals surface area contributed by atoms with Crippen molar-refractivity contribution in [1.82, 2.24) is 4.90 Å². The maximum atomic E-state index is 3.53. The van der Waals surface area contributed by atoms with E-state index in [9.17, 15) is 0 Å². The third-order valence-electron chi connectivity index (χ3n) is 4.09. The Hall–Kier alpha value is -2.32. The molecule has 0 amide bonds. The minimum absolute atomic E-state index is 0.997. The van der Waals surface area contributed by atoms with Crippen LogP contribution in [0.1, 0.15) is 12.0 Å². The number of anilines is 1. The molecule has 2 nitrogen and oxygen atoms in total. The second-order valence-corrected chi connectivity index (χ2v) is 6.07. The van der Waals surface area contributed by atoms with Crippen molar-refractivity contribution in [1.29, 1.82) is 0 Å². The van der Waals surface area contributed by atoms with Crippen molar-refractivity contribution in [3.8, 4) is 0 Å². The van der Waals surface area contributed by atoms with Gasteiger partial charge in [0.2, 0.25) is 0 Å². The smallest absolute Gasteiger partial charge is 0.0346 e. The number of fused-ring (bicyclic) bond motifs is 1. The average molecular weight is 304 g/mol. The van der Waals surface area contributed by atoms with Gasteiger partial charge < -0.3 is 10.2 Å². The number of nitrogens with one attached hydrogen (secondary N) is 1. The van der Waals surface area contributed by atoms with Crippen LogP contribution in [-0.4, -0.2) is 25.0 Å². The van der Waals surface area contributed by atoms with Crippen LogP contribution in [0.5, 0.6) is 0 Å². The van der Waals surface area contributed by atoms with E-state index in [1.54, 1.807) is 0 Å². The Morgan fingerprint density at radius 1 is 0.826 bits per heavy atom. The number of rotatable bonds is 7. The van der Waals surface area contributed by atoms with Crippen LogP contribution in [0.2, 0.25) is 0 Å². The van der Waals surface area contributed by atoms with Gasteiger partial charge in [0.1, 0.15) is 0 Å². The molecular formula is C21H24N2. The fraction of sp³-hybridized carbons (Fsp3) is 0.238. The summed E-state index contributed by atoms with van der Waals surface area (Å²) in [7, 11) is 2.18. The summed E-state index contributed by atoms with van der Waals surface area (Å²) in [6, 6.07) is 25.7. The molecule has 3 rings (SSSR count). The molecule has 3 aromatic carbocycles. The van der Waals surface area contributed by atoms with E-state index in [0.29, 0.717) is 0 Å². The zero-order valence-electron chi connectivity index (χ0n) is 13.7. The van der Waals surface area contributed by atoms with E-state index in [0.717, 1.165) is 26.1 Å². The number of hydrogen-bond donors (Lipinski definition) is 1. The molecule has 0 aliphatic heterocycles. The highest BCUT2D eigenvalue weighted by molar-refractivity contribution is 5.85. The molecule has 0 bridgehead atoms. The lowest BCUT2D eigenvalue weighted by molar-refractivity contribution is 0.325. The summed E-state index contributed by atoms with van der Waals surface area (Å²) >= 11 is 0. The van der Waals surface area contributed by atoms with Crippen molar-refractivity contribution in [2.75, 3.05) is 25.5 Å². The molecular weight excluding hydrogens is 280 g/mol. The monoisotopic (exact) mass is 304 g/mol. The zero-order chi connectivity index (χ0) is 15.9. The summed E-state index contributed by atoms with van der Waals surface area (Å²) in [5.74, 6) is 0. The molecule has 0 heterocycles. The molecule has 0 aliphatic rings. The highest BCUT2D eigenvalue weighted by Crippen LogP contribution is 2.18. The highest BCUT2D eigenvalue weighted by atomic mass is 15.1. The Morgan fingerprint density at radius 3 is 2.39 bits per heavy atom. The van der Waals surface area contributed by atoms with Crippen molar-refractivity contribution >= 4 is 16.5 Å². The minimum Gasteiger partial charge on any atom is -0.385 e. The number of nitrogens with zero attached hydrogens (tertiary/aromatic N) is 1. The SMILES string of the molecule is CN(CCCNc1ccc2ccccc2c1)Cc1ccccc1. The van der Waals surface area contributed by atoms with E-state index in [4.69, 9.17) is 0 Å². The predicted octanol–water partition coefficient (Wildman–Crippen LogP) is 4.77. The van der Waals surface area contributed by atoms with E-state index in [2.05, 4.69) is 90.1 Å². The molecule has 0 saturated heterocycles. The van der Waals surface area contributed by atoms with E-state index in [-0.39, 0.29) is 0 Å². The minimum atomic E-state index is 0.997. The third-order valence-corrected chi connectivity index (χ3v) is 4.09. The van der Waals surface area contributed by atoms with Gasteiger partial charge in [-0.15, -0.1) is 0 Å². The quantitative estimate of drug-likeness (QED) is 0.632. The molecule has 3 aromatic rings. The lowest BCUT2D eigenvalue weighted by Crippen LogP contribution is -2.21. The van der Waals surface area contributed by atoms with E-state index in [1.807, 2.05) is 0 Å². The number of hydrogen-bond acceptors (Lipinski definition) is 2. The van der Waals surface area contributed by atoms with Gasteiger partial charge >= 0.3 is 0 Å². The highest BCUT2D eigenvalue weighted by Gasteiger charge is 2.00. The molecule has 0 saturated carbocycles. The van der Waals surface area contributed by atoms with Crippen LogP contribution in [0.25, 0.3) is 10.8 Å². The summed E-state index contributed by atoms with van der Waals surface area (Å²) in [4.78, 5) is 2.37. The van der Waals surface area contributed by atoms with Crippen molar-refractivity contribution < 1.29 is 0 Å². The van der Waals surface area contributed by atoms with Crippen molar-refractivity contribution in [2.45, 2.75) is 13.0 Å². The van der Waals surface area contributed by atoms with Crippen LogP contribution in [0.4, 0.5) is 5.69 Å². The first-order valence-corrected chi connectivity index (χ1v) is 8.26. The van der Waals surface area contributed by atoms with Gasteiger partial charge in [-0.3, -0.25) is 0 Å². The molecule has 0 spiro atoms. The fourth-order valence-corrected chi connectivity index (χ4v) is 2.86. The molecule has 0 radical (unpaired) electrons. The Labute approximate surface area is 138 Å². The van der Waals surface area contributed by atoms with Gasteiger partial charge in [0.05, 0.1) is 0 Å². The van der Waals surface area contributed by atoms with Crippen LogP contribution < -0.4 is 5.32 Å². The van der Waals surface area contributed by atoms with Gasteiger partial charge in [0.15, 0.2) is 0 Å². The first-order chi connectivity index (χ1) is 11.3. The third kappa shape index (κ3) is 4.57. The van der Waals surface area contributed by atoms with Crippen molar-refractivity contribution in [2.24, 2.45) is 0 Å². The number of benzene rings is 3. The van der Waals surface area contributed by atoms with E-state index >= 15 is 0 Å². The van der Waals surface area contributed by atoms with Crippen molar-refractivity contribution in [3.05, 3.63) is 78.4 Å². The Balaban J connectivity index is 1.43. The van der Waals surface area contributed by atoms with Gasteiger partial charge in [-0.25, -0.2) is 0 Å². The first kappa shape index (κ1) is 15.6. The fourth-order valence-electron chi connectivity index (χ4n) is 2.86. The lowest BCUT2D eigenvalue weighted by atomic mass is 10.1. The Bertz CT molecular complexity index is 737. The predicted molar refractivity (Wildman–Crippen MR) is 99.8 cm³/mol. The summed E-state index contributed by atoms with van der Waals surface area (Å²) in [5, 5.41) is 6.11. The molecule has 23 heavy (non-hydrogen) atoms. The first-order valence-electron chi connectivity index (χ1n) is 8.26. The standard InChI is InChI=1S/C21H24N2/c1-23(17-18-8-3-2-4-9-18)15-7-14-22-21-13-12-19-10-5-6-11-20(19)16-21/h2-6,8-13,16,22H,7,14-15,17H2,1H3.